The Hall–Kier alpha value is -0.120. The molecular weight excluding hydrogens is 222 g/mol. The first kappa shape index (κ1) is 14.3. The van der Waals surface area contributed by atoms with Gasteiger partial charge in [0.15, 0.2) is 0 Å². The Kier molecular flexibility index (Phi) is 5.46. The van der Waals surface area contributed by atoms with Crippen LogP contribution in [0, 0.1) is 5.92 Å². The monoisotopic (exact) mass is 253 g/mol. The van der Waals surface area contributed by atoms with Crippen molar-refractivity contribution in [3.63, 3.8) is 0 Å². The smallest absolute Gasteiger partial charge is 0.0117 e. The number of nitrogens with zero attached hydrogens (tertiary/aromatic N) is 3. The average molecular weight is 253 g/mol. The minimum atomic E-state index is 0.824. The lowest BCUT2D eigenvalue weighted by Crippen LogP contribution is -2.45. The van der Waals surface area contributed by atoms with E-state index in [2.05, 4.69) is 35.7 Å². The van der Waals surface area contributed by atoms with Gasteiger partial charge in [0.25, 0.3) is 0 Å². The number of hydrogen-bond acceptors (Lipinski definition) is 3. The first-order valence-corrected chi connectivity index (χ1v) is 7.76. The molecule has 2 aliphatic heterocycles. The summed E-state index contributed by atoms with van der Waals surface area (Å²) >= 11 is 0. The fraction of sp³-hybridized carbons (Fsp3) is 1.00. The third-order valence-electron chi connectivity index (χ3n) is 4.96. The lowest BCUT2D eigenvalue weighted by Gasteiger charge is -2.37. The molecule has 0 bridgehead atoms. The second-order valence-electron chi connectivity index (χ2n) is 6.54. The molecule has 0 aromatic heterocycles. The van der Waals surface area contributed by atoms with Gasteiger partial charge in [-0.15, -0.1) is 0 Å². The quantitative estimate of drug-likeness (QED) is 0.756. The molecule has 0 radical (unpaired) electrons. The van der Waals surface area contributed by atoms with Crippen LogP contribution in [0.5, 0.6) is 0 Å². The summed E-state index contributed by atoms with van der Waals surface area (Å²) in [7, 11) is 4.56. The van der Waals surface area contributed by atoms with Gasteiger partial charge in [-0.1, -0.05) is 6.92 Å². The highest BCUT2D eigenvalue weighted by Crippen LogP contribution is 2.17. The largest absolute Gasteiger partial charge is 0.306 e. The van der Waals surface area contributed by atoms with Crippen molar-refractivity contribution in [1.29, 1.82) is 0 Å². The predicted molar refractivity (Wildman–Crippen MR) is 78.0 cm³/mol. The van der Waals surface area contributed by atoms with Crippen molar-refractivity contribution in [3.05, 3.63) is 0 Å². The topological polar surface area (TPSA) is 9.72 Å². The van der Waals surface area contributed by atoms with Crippen molar-refractivity contribution in [2.75, 3.05) is 53.4 Å². The van der Waals surface area contributed by atoms with Crippen LogP contribution in [0.4, 0.5) is 0 Å². The molecule has 0 unspecified atom stereocenters. The molecule has 0 aromatic rings. The van der Waals surface area contributed by atoms with Crippen LogP contribution in [0.3, 0.4) is 0 Å². The molecule has 18 heavy (non-hydrogen) atoms. The van der Waals surface area contributed by atoms with E-state index in [1.165, 1.54) is 65.0 Å². The molecule has 2 rings (SSSR count). The lowest BCUT2D eigenvalue weighted by molar-refractivity contribution is 0.117. The summed E-state index contributed by atoms with van der Waals surface area (Å²) in [6.07, 6.45) is 5.50. The molecule has 0 spiro atoms. The summed E-state index contributed by atoms with van der Waals surface area (Å²) in [5.74, 6) is 0.952. The molecule has 0 atom stereocenters. The maximum Gasteiger partial charge on any atom is 0.0117 e. The van der Waals surface area contributed by atoms with Gasteiger partial charge in [0.2, 0.25) is 0 Å². The summed E-state index contributed by atoms with van der Waals surface area (Å²) in [5, 5.41) is 0. The molecule has 3 nitrogen and oxygen atoms in total. The Morgan fingerprint density at radius 3 is 2.22 bits per heavy atom. The van der Waals surface area contributed by atoms with Gasteiger partial charge in [-0.25, -0.2) is 0 Å². The second-order valence-corrected chi connectivity index (χ2v) is 6.54. The van der Waals surface area contributed by atoms with E-state index in [-0.39, 0.29) is 0 Å². The number of likely N-dealkylation sites (tertiary alicyclic amines) is 2. The third kappa shape index (κ3) is 4.22. The van der Waals surface area contributed by atoms with E-state index in [1.54, 1.807) is 0 Å². The number of hydrogen-bond donors (Lipinski definition) is 0. The molecule has 0 aliphatic carbocycles. The second kappa shape index (κ2) is 6.88. The number of piperidine rings is 2. The highest BCUT2D eigenvalue weighted by molar-refractivity contribution is 4.78. The SMILES string of the molecule is CC1CCN(CCN(C)C2CCN(C)CC2)CC1. The fourth-order valence-electron chi connectivity index (χ4n) is 3.20. The number of likely N-dealkylation sites (N-methyl/N-ethyl adjacent to an activating group) is 1. The Balaban J connectivity index is 1.63. The van der Waals surface area contributed by atoms with Gasteiger partial charge in [0.1, 0.15) is 0 Å². The highest BCUT2D eigenvalue weighted by atomic mass is 15.2. The summed E-state index contributed by atoms with van der Waals surface area (Å²) < 4.78 is 0. The van der Waals surface area contributed by atoms with Gasteiger partial charge < -0.3 is 14.7 Å². The molecule has 106 valence electrons. The lowest BCUT2D eigenvalue weighted by atomic mass is 9.99. The van der Waals surface area contributed by atoms with Gasteiger partial charge in [-0.05, 0) is 71.9 Å². The number of rotatable bonds is 4. The first-order chi connectivity index (χ1) is 8.65. The van der Waals surface area contributed by atoms with Crippen LogP contribution in [0.25, 0.3) is 0 Å². The minimum Gasteiger partial charge on any atom is -0.306 e. The average Bonchev–Trinajstić information content (AvgIpc) is 2.38. The molecule has 2 heterocycles. The van der Waals surface area contributed by atoms with Gasteiger partial charge >= 0.3 is 0 Å². The fourth-order valence-corrected chi connectivity index (χ4v) is 3.20. The Morgan fingerprint density at radius 2 is 1.61 bits per heavy atom. The molecule has 3 heteroatoms. The Bertz CT molecular complexity index is 228. The predicted octanol–water partition coefficient (Wildman–Crippen LogP) is 1.74. The van der Waals surface area contributed by atoms with E-state index in [0.29, 0.717) is 0 Å². The summed E-state index contributed by atoms with van der Waals surface area (Å²) in [6.45, 7) is 10.1. The first-order valence-electron chi connectivity index (χ1n) is 7.76. The van der Waals surface area contributed by atoms with E-state index in [4.69, 9.17) is 0 Å². The zero-order valence-electron chi connectivity index (χ0n) is 12.6. The molecule has 2 saturated heterocycles. The summed E-state index contributed by atoms with van der Waals surface area (Å²) in [5.41, 5.74) is 0. The molecule has 0 amide bonds. The normalized spacial score (nSPS) is 26.0. The van der Waals surface area contributed by atoms with Crippen molar-refractivity contribution < 1.29 is 0 Å². The van der Waals surface area contributed by atoms with Crippen LogP contribution in [0.15, 0.2) is 0 Å². The zero-order valence-corrected chi connectivity index (χ0v) is 12.6. The minimum absolute atomic E-state index is 0.824. The van der Waals surface area contributed by atoms with Gasteiger partial charge in [0.05, 0.1) is 0 Å². The molecule has 0 aromatic carbocycles. The van der Waals surface area contributed by atoms with Crippen LogP contribution < -0.4 is 0 Å². The molecule has 2 fully saturated rings. The maximum absolute atomic E-state index is 2.66. The van der Waals surface area contributed by atoms with E-state index >= 15 is 0 Å². The van der Waals surface area contributed by atoms with Gasteiger partial charge in [-0.2, -0.15) is 0 Å². The highest BCUT2D eigenvalue weighted by Gasteiger charge is 2.21. The van der Waals surface area contributed by atoms with Gasteiger partial charge in [0, 0.05) is 19.1 Å². The van der Waals surface area contributed by atoms with Crippen LogP contribution in [0.2, 0.25) is 0 Å². The molecule has 0 N–H and O–H groups in total. The van der Waals surface area contributed by atoms with Crippen LogP contribution >= 0.6 is 0 Å². The van der Waals surface area contributed by atoms with Crippen LogP contribution in [-0.2, 0) is 0 Å². The zero-order chi connectivity index (χ0) is 13.0. The van der Waals surface area contributed by atoms with Crippen molar-refractivity contribution >= 4 is 0 Å². The van der Waals surface area contributed by atoms with Crippen LogP contribution in [-0.4, -0.2) is 74.1 Å². The van der Waals surface area contributed by atoms with Crippen molar-refractivity contribution in [1.82, 2.24) is 14.7 Å². The Morgan fingerprint density at radius 1 is 1.00 bits per heavy atom. The van der Waals surface area contributed by atoms with E-state index in [9.17, 15) is 0 Å². The van der Waals surface area contributed by atoms with Crippen molar-refractivity contribution in [2.24, 2.45) is 5.92 Å². The molecule has 2 aliphatic rings. The third-order valence-corrected chi connectivity index (χ3v) is 4.96. The standard InChI is InChI=1S/C15H31N3/c1-14-4-10-18(11-5-14)13-12-17(3)15-6-8-16(2)9-7-15/h14-15H,4-13H2,1-3H3. The van der Waals surface area contributed by atoms with E-state index in [1.807, 2.05) is 0 Å². The van der Waals surface area contributed by atoms with E-state index < -0.39 is 0 Å². The maximum atomic E-state index is 2.66. The van der Waals surface area contributed by atoms with Crippen molar-refractivity contribution in [2.45, 2.75) is 38.6 Å². The summed E-state index contributed by atoms with van der Waals surface area (Å²) in [4.78, 5) is 7.72. The van der Waals surface area contributed by atoms with Gasteiger partial charge in [-0.3, -0.25) is 0 Å². The van der Waals surface area contributed by atoms with Crippen LogP contribution in [0.1, 0.15) is 32.6 Å². The molecular formula is C15H31N3. The molecule has 0 saturated carbocycles. The Labute approximate surface area is 113 Å². The van der Waals surface area contributed by atoms with E-state index in [0.717, 1.165) is 12.0 Å². The van der Waals surface area contributed by atoms with Crippen molar-refractivity contribution in [3.8, 4) is 0 Å². The summed E-state index contributed by atoms with van der Waals surface area (Å²) in [6, 6.07) is 0.824.